The summed E-state index contributed by atoms with van der Waals surface area (Å²) in [7, 11) is 0. The predicted molar refractivity (Wildman–Crippen MR) is 108 cm³/mol. The molecule has 0 bridgehead atoms. The number of imide groups is 1. The number of fused-ring (bicyclic) bond motifs is 1. The van der Waals surface area contributed by atoms with E-state index in [1.165, 1.54) is 0 Å². The SMILES string of the molecule is CC(C(=O)Nc1ccc(CN2CCOCC2)cc1)N1C(=O)c2ccccc2C1=O. The van der Waals surface area contributed by atoms with Crippen molar-refractivity contribution in [2.75, 3.05) is 31.6 Å². The smallest absolute Gasteiger partial charge is 0.262 e. The lowest BCUT2D eigenvalue weighted by Gasteiger charge is -2.26. The van der Waals surface area contributed by atoms with Crippen LogP contribution in [0.3, 0.4) is 0 Å². The largest absolute Gasteiger partial charge is 0.379 e. The van der Waals surface area contributed by atoms with Crippen LogP contribution >= 0.6 is 0 Å². The lowest BCUT2D eigenvalue weighted by molar-refractivity contribution is -0.119. The van der Waals surface area contributed by atoms with Crippen LogP contribution in [0, 0.1) is 0 Å². The number of anilines is 1. The minimum atomic E-state index is -0.907. The van der Waals surface area contributed by atoms with Crippen molar-refractivity contribution in [1.29, 1.82) is 0 Å². The van der Waals surface area contributed by atoms with Gasteiger partial charge in [-0.05, 0) is 36.8 Å². The third-order valence-electron chi connectivity index (χ3n) is 5.32. The maximum Gasteiger partial charge on any atom is 0.262 e. The van der Waals surface area contributed by atoms with E-state index in [2.05, 4.69) is 10.2 Å². The second-order valence-electron chi connectivity index (χ2n) is 7.28. The topological polar surface area (TPSA) is 79.0 Å². The average Bonchev–Trinajstić information content (AvgIpc) is 3.00. The molecule has 7 nitrogen and oxygen atoms in total. The first kappa shape index (κ1) is 19.3. The molecule has 1 N–H and O–H groups in total. The fraction of sp³-hybridized carbons (Fsp3) is 0.318. The van der Waals surface area contributed by atoms with Crippen LogP contribution in [-0.4, -0.2) is 59.9 Å². The van der Waals surface area contributed by atoms with Gasteiger partial charge in [0.15, 0.2) is 0 Å². The molecule has 2 aliphatic rings. The maximum absolute atomic E-state index is 12.7. The summed E-state index contributed by atoms with van der Waals surface area (Å²) >= 11 is 0. The molecular weight excluding hydrogens is 370 g/mol. The van der Waals surface area contributed by atoms with Crippen LogP contribution in [0.5, 0.6) is 0 Å². The minimum absolute atomic E-state index is 0.338. The van der Waals surface area contributed by atoms with Gasteiger partial charge in [-0.1, -0.05) is 24.3 Å². The standard InChI is InChI=1S/C22H23N3O4/c1-15(25-21(27)18-4-2-3-5-19(18)22(25)28)20(26)23-17-8-6-16(7-9-17)14-24-10-12-29-13-11-24/h2-9,15H,10-14H2,1H3,(H,23,26). The van der Waals surface area contributed by atoms with Gasteiger partial charge < -0.3 is 10.1 Å². The Balaban J connectivity index is 1.39. The highest BCUT2D eigenvalue weighted by Gasteiger charge is 2.40. The molecule has 7 heteroatoms. The highest BCUT2D eigenvalue weighted by atomic mass is 16.5. The Morgan fingerprint density at radius 3 is 2.17 bits per heavy atom. The molecular formula is C22H23N3O4. The molecule has 1 atom stereocenters. The van der Waals surface area contributed by atoms with Crippen molar-refractivity contribution in [1.82, 2.24) is 9.80 Å². The van der Waals surface area contributed by atoms with Gasteiger partial charge in [-0.3, -0.25) is 24.2 Å². The van der Waals surface area contributed by atoms with Crippen LogP contribution in [0.25, 0.3) is 0 Å². The van der Waals surface area contributed by atoms with Crippen molar-refractivity contribution in [3.63, 3.8) is 0 Å². The number of carbonyl (C=O) groups is 3. The van der Waals surface area contributed by atoms with Gasteiger partial charge in [0.2, 0.25) is 5.91 Å². The molecule has 150 valence electrons. The molecule has 29 heavy (non-hydrogen) atoms. The first-order chi connectivity index (χ1) is 14.0. The second-order valence-corrected chi connectivity index (χ2v) is 7.28. The number of rotatable bonds is 5. The van der Waals surface area contributed by atoms with E-state index in [9.17, 15) is 14.4 Å². The molecule has 2 aromatic rings. The Morgan fingerprint density at radius 1 is 1.00 bits per heavy atom. The molecule has 4 rings (SSSR count). The van der Waals surface area contributed by atoms with Crippen molar-refractivity contribution in [3.05, 3.63) is 65.2 Å². The van der Waals surface area contributed by atoms with Crippen LogP contribution in [-0.2, 0) is 16.1 Å². The van der Waals surface area contributed by atoms with Crippen molar-refractivity contribution in [2.45, 2.75) is 19.5 Å². The third kappa shape index (κ3) is 3.92. The molecule has 1 saturated heterocycles. The molecule has 0 aromatic heterocycles. The van der Waals surface area contributed by atoms with E-state index < -0.39 is 23.8 Å². The average molecular weight is 393 g/mol. The molecule has 2 heterocycles. The van der Waals surface area contributed by atoms with Gasteiger partial charge >= 0.3 is 0 Å². The number of nitrogens with zero attached hydrogens (tertiary/aromatic N) is 2. The Kier molecular flexibility index (Phi) is 5.42. The molecule has 0 radical (unpaired) electrons. The number of morpholine rings is 1. The highest BCUT2D eigenvalue weighted by molar-refractivity contribution is 6.23. The van der Waals surface area contributed by atoms with Crippen molar-refractivity contribution < 1.29 is 19.1 Å². The van der Waals surface area contributed by atoms with Crippen LogP contribution in [0.2, 0.25) is 0 Å². The summed E-state index contributed by atoms with van der Waals surface area (Å²) in [5.41, 5.74) is 2.46. The molecule has 0 aliphatic carbocycles. The fourth-order valence-electron chi connectivity index (χ4n) is 3.63. The number of amides is 3. The van der Waals surface area contributed by atoms with E-state index in [0.29, 0.717) is 16.8 Å². The van der Waals surface area contributed by atoms with Crippen molar-refractivity contribution in [2.24, 2.45) is 0 Å². The van der Waals surface area contributed by atoms with Gasteiger partial charge in [0.05, 0.1) is 24.3 Å². The Bertz CT molecular complexity index is 900. The van der Waals surface area contributed by atoms with Crippen LogP contribution in [0.1, 0.15) is 33.2 Å². The first-order valence-electron chi connectivity index (χ1n) is 9.71. The summed E-state index contributed by atoms with van der Waals surface area (Å²) in [5.74, 6) is -1.27. The number of nitrogens with one attached hydrogen (secondary N) is 1. The normalized spacial score (nSPS) is 17.9. The Hall–Kier alpha value is -3.03. The van der Waals surface area contributed by atoms with E-state index in [1.807, 2.05) is 24.3 Å². The number of carbonyl (C=O) groups excluding carboxylic acids is 3. The quantitative estimate of drug-likeness (QED) is 0.788. The number of ether oxygens (including phenoxy) is 1. The van der Waals surface area contributed by atoms with Crippen molar-refractivity contribution in [3.8, 4) is 0 Å². The van der Waals surface area contributed by atoms with Gasteiger partial charge in [-0.15, -0.1) is 0 Å². The molecule has 0 spiro atoms. The molecule has 0 saturated carbocycles. The van der Waals surface area contributed by atoms with E-state index in [0.717, 1.165) is 43.3 Å². The number of benzene rings is 2. The van der Waals surface area contributed by atoms with E-state index in [4.69, 9.17) is 4.74 Å². The van der Waals surface area contributed by atoms with Gasteiger partial charge in [-0.25, -0.2) is 0 Å². The summed E-state index contributed by atoms with van der Waals surface area (Å²) < 4.78 is 5.36. The lowest BCUT2D eigenvalue weighted by Crippen LogP contribution is -2.45. The first-order valence-corrected chi connectivity index (χ1v) is 9.71. The number of hydrogen-bond acceptors (Lipinski definition) is 5. The molecule has 1 fully saturated rings. The monoisotopic (exact) mass is 393 g/mol. The summed E-state index contributed by atoms with van der Waals surface area (Å²) in [6.45, 7) is 5.73. The van der Waals surface area contributed by atoms with Gasteiger partial charge in [0, 0.05) is 25.3 Å². The highest BCUT2D eigenvalue weighted by Crippen LogP contribution is 2.25. The zero-order valence-corrected chi connectivity index (χ0v) is 16.3. The van der Waals surface area contributed by atoms with Gasteiger partial charge in [-0.2, -0.15) is 0 Å². The molecule has 2 aromatic carbocycles. The second kappa shape index (κ2) is 8.14. The van der Waals surface area contributed by atoms with Crippen LogP contribution in [0.15, 0.2) is 48.5 Å². The fourth-order valence-corrected chi connectivity index (χ4v) is 3.63. The van der Waals surface area contributed by atoms with E-state index in [1.54, 1.807) is 31.2 Å². The van der Waals surface area contributed by atoms with E-state index >= 15 is 0 Å². The van der Waals surface area contributed by atoms with Crippen LogP contribution in [0.4, 0.5) is 5.69 Å². The Labute approximate surface area is 169 Å². The zero-order valence-electron chi connectivity index (χ0n) is 16.3. The predicted octanol–water partition coefficient (Wildman–Crippen LogP) is 2.14. The van der Waals surface area contributed by atoms with Gasteiger partial charge in [0.25, 0.3) is 11.8 Å². The van der Waals surface area contributed by atoms with E-state index in [-0.39, 0.29) is 0 Å². The summed E-state index contributed by atoms with van der Waals surface area (Å²) in [4.78, 5) is 41.1. The molecule has 2 aliphatic heterocycles. The molecule has 1 unspecified atom stereocenters. The summed E-state index contributed by atoms with van der Waals surface area (Å²) in [6, 6.07) is 13.3. The van der Waals surface area contributed by atoms with Crippen LogP contribution < -0.4 is 5.32 Å². The van der Waals surface area contributed by atoms with Crippen molar-refractivity contribution >= 4 is 23.4 Å². The lowest BCUT2D eigenvalue weighted by atomic mass is 10.1. The molecule has 3 amide bonds. The number of hydrogen-bond donors (Lipinski definition) is 1. The maximum atomic E-state index is 12.7. The minimum Gasteiger partial charge on any atom is -0.379 e. The third-order valence-corrected chi connectivity index (χ3v) is 5.32. The van der Waals surface area contributed by atoms with Gasteiger partial charge in [0.1, 0.15) is 6.04 Å². The zero-order chi connectivity index (χ0) is 20.4. The summed E-state index contributed by atoms with van der Waals surface area (Å²) in [6.07, 6.45) is 0. The Morgan fingerprint density at radius 2 is 1.59 bits per heavy atom. The summed E-state index contributed by atoms with van der Waals surface area (Å²) in [5, 5.41) is 2.80.